The number of thiophene rings is 1. The zero-order valence-corrected chi connectivity index (χ0v) is 11.8. The van der Waals surface area contributed by atoms with Gasteiger partial charge in [-0.2, -0.15) is 0 Å². The molecule has 0 amide bonds. The molecule has 3 rings (SSSR count). The monoisotopic (exact) mass is 271 g/mol. The van der Waals surface area contributed by atoms with Crippen molar-refractivity contribution in [3.05, 3.63) is 53.4 Å². The third-order valence-corrected chi connectivity index (χ3v) is 4.17. The van der Waals surface area contributed by atoms with Crippen LogP contribution in [0.3, 0.4) is 0 Å². The fourth-order valence-electron chi connectivity index (χ4n) is 2.19. The summed E-state index contributed by atoms with van der Waals surface area (Å²) in [7, 11) is 0. The quantitative estimate of drug-likeness (QED) is 0.772. The van der Waals surface area contributed by atoms with Crippen LogP contribution < -0.4 is 5.32 Å². The van der Waals surface area contributed by atoms with Crippen molar-refractivity contribution in [1.29, 1.82) is 0 Å². The number of nitrogens with zero attached hydrogens (tertiary/aromatic N) is 2. The van der Waals surface area contributed by atoms with Crippen LogP contribution in [-0.4, -0.2) is 16.1 Å². The Labute approximate surface area is 116 Å². The Bertz CT molecular complexity index is 669. The van der Waals surface area contributed by atoms with E-state index < -0.39 is 0 Å². The number of fused-ring (bicyclic) bond motifs is 1. The highest BCUT2D eigenvalue weighted by atomic mass is 32.1. The predicted molar refractivity (Wildman–Crippen MR) is 80.5 cm³/mol. The van der Waals surface area contributed by atoms with Gasteiger partial charge in [-0.05, 0) is 28.9 Å². The smallest absolute Gasteiger partial charge is 0.0953 e. The molecule has 0 unspecified atom stereocenters. The van der Waals surface area contributed by atoms with Gasteiger partial charge in [-0.25, -0.2) is 4.98 Å². The molecule has 19 heavy (non-hydrogen) atoms. The molecule has 0 spiro atoms. The summed E-state index contributed by atoms with van der Waals surface area (Å²) in [5.74, 6) is 0. The molecule has 0 aliphatic heterocycles. The lowest BCUT2D eigenvalue weighted by Gasteiger charge is -2.01. The first-order valence-electron chi connectivity index (χ1n) is 6.53. The maximum atomic E-state index is 4.42. The maximum absolute atomic E-state index is 4.42. The molecule has 0 atom stereocenters. The van der Waals surface area contributed by atoms with Gasteiger partial charge in [0.15, 0.2) is 0 Å². The molecule has 98 valence electrons. The van der Waals surface area contributed by atoms with Crippen LogP contribution in [0.4, 0.5) is 0 Å². The zero-order valence-electron chi connectivity index (χ0n) is 11.0. The fraction of sp³-hybridized carbons (Fsp3) is 0.267. The van der Waals surface area contributed by atoms with E-state index >= 15 is 0 Å². The molecule has 2 aromatic heterocycles. The van der Waals surface area contributed by atoms with Gasteiger partial charge in [0.05, 0.1) is 12.0 Å². The summed E-state index contributed by atoms with van der Waals surface area (Å²) < 4.78 is 3.51. The molecule has 0 radical (unpaired) electrons. The highest BCUT2D eigenvalue weighted by Crippen LogP contribution is 2.26. The Morgan fingerprint density at radius 3 is 3.11 bits per heavy atom. The second-order valence-electron chi connectivity index (χ2n) is 4.57. The molecular weight excluding hydrogens is 254 g/mol. The summed E-state index contributed by atoms with van der Waals surface area (Å²) in [5.41, 5.74) is 2.47. The van der Waals surface area contributed by atoms with Crippen LogP contribution in [0.2, 0.25) is 0 Å². The van der Waals surface area contributed by atoms with E-state index in [-0.39, 0.29) is 0 Å². The Morgan fingerprint density at radius 2 is 2.21 bits per heavy atom. The molecule has 4 heteroatoms. The third kappa shape index (κ3) is 2.69. The Morgan fingerprint density at radius 1 is 1.32 bits per heavy atom. The van der Waals surface area contributed by atoms with Crippen LogP contribution in [0.1, 0.15) is 18.2 Å². The minimum Gasteiger partial charge on any atom is -0.333 e. The lowest BCUT2D eigenvalue weighted by Crippen LogP contribution is -2.11. The summed E-state index contributed by atoms with van der Waals surface area (Å²) in [6.07, 6.45) is 4.04. The lowest BCUT2D eigenvalue weighted by atomic mass is 10.2. The van der Waals surface area contributed by atoms with Crippen molar-refractivity contribution >= 4 is 21.4 Å². The summed E-state index contributed by atoms with van der Waals surface area (Å²) in [5, 5.41) is 6.89. The number of aromatic nitrogens is 2. The van der Waals surface area contributed by atoms with Crippen molar-refractivity contribution in [2.45, 2.75) is 20.0 Å². The molecule has 0 aliphatic rings. The summed E-state index contributed by atoms with van der Waals surface area (Å²) >= 11 is 1.81. The first kappa shape index (κ1) is 12.4. The number of rotatable bonds is 5. The maximum Gasteiger partial charge on any atom is 0.0953 e. The standard InChI is InChI=1S/C15H17N3S/c1-2-16-7-13-9-18(11-17-13)8-12-10-19-15-6-4-3-5-14(12)15/h3-6,9-11,16H,2,7-8H2,1H3. The van der Waals surface area contributed by atoms with Gasteiger partial charge < -0.3 is 9.88 Å². The normalized spacial score (nSPS) is 11.2. The lowest BCUT2D eigenvalue weighted by molar-refractivity contribution is 0.712. The van der Waals surface area contributed by atoms with Gasteiger partial charge in [-0.15, -0.1) is 11.3 Å². The Balaban J connectivity index is 1.79. The minimum atomic E-state index is 0.841. The van der Waals surface area contributed by atoms with E-state index in [1.165, 1.54) is 15.6 Å². The number of nitrogens with one attached hydrogen (secondary N) is 1. The SMILES string of the molecule is CCNCc1cn(Cc2csc3ccccc23)cn1. The molecule has 0 saturated carbocycles. The average Bonchev–Trinajstić information content (AvgIpc) is 3.05. The van der Waals surface area contributed by atoms with Gasteiger partial charge in [0, 0.05) is 24.0 Å². The molecule has 1 N–H and O–H groups in total. The second kappa shape index (κ2) is 5.55. The molecule has 0 bridgehead atoms. The van der Waals surface area contributed by atoms with Gasteiger partial charge >= 0.3 is 0 Å². The second-order valence-corrected chi connectivity index (χ2v) is 5.49. The van der Waals surface area contributed by atoms with E-state index in [1.807, 2.05) is 17.7 Å². The van der Waals surface area contributed by atoms with Gasteiger partial charge in [-0.1, -0.05) is 25.1 Å². The van der Waals surface area contributed by atoms with Gasteiger partial charge in [0.25, 0.3) is 0 Å². The topological polar surface area (TPSA) is 29.9 Å². The van der Waals surface area contributed by atoms with Gasteiger partial charge in [0.2, 0.25) is 0 Å². The molecule has 3 nitrogen and oxygen atoms in total. The van der Waals surface area contributed by atoms with Gasteiger partial charge in [-0.3, -0.25) is 0 Å². The van der Waals surface area contributed by atoms with Crippen molar-refractivity contribution in [2.75, 3.05) is 6.54 Å². The predicted octanol–water partition coefficient (Wildman–Crippen LogP) is 3.26. The highest BCUT2D eigenvalue weighted by Gasteiger charge is 2.05. The molecule has 2 heterocycles. The fourth-order valence-corrected chi connectivity index (χ4v) is 3.14. The van der Waals surface area contributed by atoms with E-state index in [1.54, 1.807) is 0 Å². The van der Waals surface area contributed by atoms with Crippen LogP contribution in [0.15, 0.2) is 42.2 Å². The molecular formula is C15H17N3S. The average molecular weight is 271 g/mol. The van der Waals surface area contributed by atoms with E-state index in [9.17, 15) is 0 Å². The van der Waals surface area contributed by atoms with Crippen molar-refractivity contribution in [3.8, 4) is 0 Å². The van der Waals surface area contributed by atoms with Crippen molar-refractivity contribution in [2.24, 2.45) is 0 Å². The van der Waals surface area contributed by atoms with Crippen LogP contribution in [0, 0.1) is 0 Å². The zero-order chi connectivity index (χ0) is 13.1. The van der Waals surface area contributed by atoms with E-state index in [2.05, 4.69) is 57.6 Å². The van der Waals surface area contributed by atoms with Crippen LogP contribution in [0.5, 0.6) is 0 Å². The molecule has 0 aliphatic carbocycles. The van der Waals surface area contributed by atoms with Crippen LogP contribution in [0.25, 0.3) is 10.1 Å². The Kier molecular flexibility index (Phi) is 3.62. The molecule has 0 fully saturated rings. The van der Waals surface area contributed by atoms with E-state index in [4.69, 9.17) is 0 Å². The number of imidazole rings is 1. The number of benzene rings is 1. The first-order chi connectivity index (χ1) is 9.36. The van der Waals surface area contributed by atoms with Gasteiger partial charge in [0.1, 0.15) is 0 Å². The van der Waals surface area contributed by atoms with Crippen molar-refractivity contribution in [1.82, 2.24) is 14.9 Å². The summed E-state index contributed by atoms with van der Waals surface area (Å²) in [6.45, 7) is 4.81. The van der Waals surface area contributed by atoms with Crippen LogP contribution >= 0.6 is 11.3 Å². The largest absolute Gasteiger partial charge is 0.333 e. The highest BCUT2D eigenvalue weighted by molar-refractivity contribution is 7.17. The summed E-state index contributed by atoms with van der Waals surface area (Å²) in [6, 6.07) is 8.56. The van der Waals surface area contributed by atoms with E-state index in [0.29, 0.717) is 0 Å². The van der Waals surface area contributed by atoms with Crippen molar-refractivity contribution in [3.63, 3.8) is 0 Å². The number of hydrogen-bond donors (Lipinski definition) is 1. The minimum absolute atomic E-state index is 0.841. The number of hydrogen-bond acceptors (Lipinski definition) is 3. The van der Waals surface area contributed by atoms with E-state index in [0.717, 1.165) is 25.3 Å². The van der Waals surface area contributed by atoms with Crippen molar-refractivity contribution < 1.29 is 0 Å². The Hall–Kier alpha value is -1.65. The first-order valence-corrected chi connectivity index (χ1v) is 7.41. The van der Waals surface area contributed by atoms with Crippen LogP contribution in [-0.2, 0) is 13.1 Å². The third-order valence-electron chi connectivity index (χ3n) is 3.16. The molecule has 0 saturated heterocycles. The molecule has 3 aromatic rings. The summed E-state index contributed by atoms with van der Waals surface area (Å²) in [4.78, 5) is 4.42. The molecule has 1 aromatic carbocycles.